The lowest BCUT2D eigenvalue weighted by Gasteiger charge is -2.24. The van der Waals surface area contributed by atoms with E-state index in [-0.39, 0.29) is 0 Å². The van der Waals surface area contributed by atoms with Gasteiger partial charge in [0.1, 0.15) is 11.6 Å². The highest BCUT2D eigenvalue weighted by atomic mass is 14.9. The van der Waals surface area contributed by atoms with E-state index in [1.54, 1.807) is 0 Å². The third kappa shape index (κ3) is 1.62. The number of nitrogen functional groups attached to an aromatic ring is 1. The Balaban J connectivity index is 1.99. The maximum Gasteiger partial charge on any atom is 0.135 e. The summed E-state index contributed by atoms with van der Waals surface area (Å²) >= 11 is 0. The first-order valence-corrected chi connectivity index (χ1v) is 5.84. The predicted molar refractivity (Wildman–Crippen MR) is 65.0 cm³/mol. The van der Waals surface area contributed by atoms with Crippen LogP contribution < -0.4 is 5.73 Å². The summed E-state index contributed by atoms with van der Waals surface area (Å²) in [6.45, 7) is 0. The standard InChI is InChI=1S/C13H15N3/c14-13-10-6-1-2-7-11(10)15-12(16-13)8-9-4-3-5-9/h1-2,6-7,9H,3-5,8H2,(H2,14,15,16). The summed E-state index contributed by atoms with van der Waals surface area (Å²) in [6, 6.07) is 7.92. The SMILES string of the molecule is Nc1nc(CC2CCC2)nc2ccccc12. The summed E-state index contributed by atoms with van der Waals surface area (Å²) in [6.07, 6.45) is 4.97. The minimum absolute atomic E-state index is 0.611. The number of nitrogens with two attached hydrogens (primary N) is 1. The van der Waals surface area contributed by atoms with Crippen molar-refractivity contribution < 1.29 is 0 Å². The van der Waals surface area contributed by atoms with Crippen LogP contribution in [-0.2, 0) is 6.42 Å². The van der Waals surface area contributed by atoms with Crippen LogP contribution in [0.15, 0.2) is 24.3 Å². The topological polar surface area (TPSA) is 51.8 Å². The van der Waals surface area contributed by atoms with Crippen LogP contribution in [0.5, 0.6) is 0 Å². The van der Waals surface area contributed by atoms with Crippen LogP contribution in [0.3, 0.4) is 0 Å². The molecule has 0 spiro atoms. The van der Waals surface area contributed by atoms with Gasteiger partial charge in [0.05, 0.1) is 5.52 Å². The van der Waals surface area contributed by atoms with Gasteiger partial charge in [-0.3, -0.25) is 0 Å². The molecule has 3 rings (SSSR count). The number of para-hydroxylation sites is 1. The van der Waals surface area contributed by atoms with E-state index in [1.165, 1.54) is 19.3 Å². The van der Waals surface area contributed by atoms with Crippen molar-refractivity contribution in [3.05, 3.63) is 30.1 Å². The molecule has 82 valence electrons. The highest BCUT2D eigenvalue weighted by molar-refractivity contribution is 5.87. The van der Waals surface area contributed by atoms with Crippen molar-refractivity contribution in [2.45, 2.75) is 25.7 Å². The number of rotatable bonds is 2. The predicted octanol–water partition coefficient (Wildman–Crippen LogP) is 2.55. The van der Waals surface area contributed by atoms with Crippen LogP contribution in [0.1, 0.15) is 25.1 Å². The first-order valence-electron chi connectivity index (χ1n) is 5.84. The van der Waals surface area contributed by atoms with Crippen molar-refractivity contribution >= 4 is 16.7 Å². The van der Waals surface area contributed by atoms with Gasteiger partial charge in [-0.2, -0.15) is 0 Å². The van der Waals surface area contributed by atoms with Gasteiger partial charge in [-0.25, -0.2) is 9.97 Å². The van der Waals surface area contributed by atoms with Crippen molar-refractivity contribution in [3.63, 3.8) is 0 Å². The molecule has 0 bridgehead atoms. The Morgan fingerprint density at radius 2 is 2.00 bits per heavy atom. The molecule has 0 atom stereocenters. The van der Waals surface area contributed by atoms with Crippen molar-refractivity contribution in [2.75, 3.05) is 5.73 Å². The first kappa shape index (κ1) is 9.58. The number of hydrogen-bond acceptors (Lipinski definition) is 3. The van der Waals surface area contributed by atoms with E-state index < -0.39 is 0 Å². The first-order chi connectivity index (χ1) is 7.83. The van der Waals surface area contributed by atoms with Crippen molar-refractivity contribution in [2.24, 2.45) is 5.92 Å². The summed E-state index contributed by atoms with van der Waals surface area (Å²) in [4.78, 5) is 8.96. The van der Waals surface area contributed by atoms with Crippen molar-refractivity contribution in [3.8, 4) is 0 Å². The average molecular weight is 213 g/mol. The molecule has 0 amide bonds. The second-order valence-corrected chi connectivity index (χ2v) is 4.54. The number of nitrogens with zero attached hydrogens (tertiary/aromatic N) is 2. The van der Waals surface area contributed by atoms with Gasteiger partial charge >= 0.3 is 0 Å². The fraction of sp³-hybridized carbons (Fsp3) is 0.385. The minimum atomic E-state index is 0.611. The third-order valence-corrected chi connectivity index (χ3v) is 3.38. The van der Waals surface area contributed by atoms with Gasteiger partial charge in [-0.1, -0.05) is 31.4 Å². The van der Waals surface area contributed by atoms with Gasteiger partial charge in [0.15, 0.2) is 0 Å². The van der Waals surface area contributed by atoms with Gasteiger partial charge < -0.3 is 5.73 Å². The molecule has 0 unspecified atom stereocenters. The maximum atomic E-state index is 5.94. The van der Waals surface area contributed by atoms with Crippen LogP contribution >= 0.6 is 0 Å². The summed E-state index contributed by atoms with van der Waals surface area (Å²) in [5.74, 6) is 2.29. The number of aromatic nitrogens is 2. The molecule has 2 N–H and O–H groups in total. The molecule has 3 nitrogen and oxygen atoms in total. The molecule has 16 heavy (non-hydrogen) atoms. The molecule has 1 aromatic heterocycles. The molecule has 0 saturated heterocycles. The second-order valence-electron chi connectivity index (χ2n) is 4.54. The fourth-order valence-corrected chi connectivity index (χ4v) is 2.20. The van der Waals surface area contributed by atoms with Gasteiger partial charge in [-0.05, 0) is 18.1 Å². The Morgan fingerprint density at radius 3 is 2.75 bits per heavy atom. The molecular weight excluding hydrogens is 198 g/mol. The summed E-state index contributed by atoms with van der Waals surface area (Å²) in [5.41, 5.74) is 6.90. The van der Waals surface area contributed by atoms with Gasteiger partial charge in [-0.15, -0.1) is 0 Å². The fourth-order valence-electron chi connectivity index (χ4n) is 2.20. The molecule has 2 aromatic rings. The van der Waals surface area contributed by atoms with E-state index in [0.717, 1.165) is 29.1 Å². The number of anilines is 1. The molecule has 1 heterocycles. The highest BCUT2D eigenvalue weighted by Crippen LogP contribution is 2.29. The Bertz CT molecular complexity index is 518. The number of hydrogen-bond donors (Lipinski definition) is 1. The summed E-state index contributed by atoms with van der Waals surface area (Å²) in [5, 5.41) is 0.958. The van der Waals surface area contributed by atoms with Crippen LogP contribution in [0, 0.1) is 5.92 Å². The zero-order chi connectivity index (χ0) is 11.0. The minimum Gasteiger partial charge on any atom is -0.383 e. The molecule has 1 aliphatic carbocycles. The molecule has 0 aliphatic heterocycles. The normalized spacial score (nSPS) is 16.2. The summed E-state index contributed by atoms with van der Waals surface area (Å²) in [7, 11) is 0. The van der Waals surface area contributed by atoms with E-state index in [2.05, 4.69) is 9.97 Å². The van der Waals surface area contributed by atoms with Crippen molar-refractivity contribution in [1.29, 1.82) is 0 Å². The van der Waals surface area contributed by atoms with Gasteiger partial charge in [0.2, 0.25) is 0 Å². The number of benzene rings is 1. The van der Waals surface area contributed by atoms with Crippen LogP contribution in [-0.4, -0.2) is 9.97 Å². The lowest BCUT2D eigenvalue weighted by Crippen LogP contribution is -2.16. The maximum absolute atomic E-state index is 5.94. The number of fused-ring (bicyclic) bond motifs is 1. The Labute approximate surface area is 94.7 Å². The molecule has 3 heteroatoms. The molecule has 1 aliphatic rings. The highest BCUT2D eigenvalue weighted by Gasteiger charge is 2.19. The Hall–Kier alpha value is -1.64. The molecule has 1 aromatic carbocycles. The second kappa shape index (κ2) is 3.74. The van der Waals surface area contributed by atoms with E-state index >= 15 is 0 Å². The van der Waals surface area contributed by atoms with E-state index in [0.29, 0.717) is 5.82 Å². The smallest absolute Gasteiger partial charge is 0.135 e. The van der Waals surface area contributed by atoms with Crippen molar-refractivity contribution in [1.82, 2.24) is 9.97 Å². The van der Waals surface area contributed by atoms with Gasteiger partial charge in [0.25, 0.3) is 0 Å². The molecular formula is C13H15N3. The van der Waals surface area contributed by atoms with E-state index in [1.807, 2.05) is 24.3 Å². The molecule has 1 saturated carbocycles. The zero-order valence-electron chi connectivity index (χ0n) is 9.19. The quantitative estimate of drug-likeness (QED) is 0.834. The van der Waals surface area contributed by atoms with Gasteiger partial charge in [0, 0.05) is 11.8 Å². The van der Waals surface area contributed by atoms with E-state index in [9.17, 15) is 0 Å². The molecule has 0 radical (unpaired) electrons. The molecule has 1 fully saturated rings. The largest absolute Gasteiger partial charge is 0.383 e. The lowest BCUT2D eigenvalue weighted by atomic mass is 9.83. The summed E-state index contributed by atoms with van der Waals surface area (Å²) < 4.78 is 0. The van der Waals surface area contributed by atoms with Crippen LogP contribution in [0.2, 0.25) is 0 Å². The van der Waals surface area contributed by atoms with Crippen LogP contribution in [0.4, 0.5) is 5.82 Å². The lowest BCUT2D eigenvalue weighted by molar-refractivity contribution is 0.309. The zero-order valence-corrected chi connectivity index (χ0v) is 9.19. The Morgan fingerprint density at radius 1 is 1.19 bits per heavy atom. The van der Waals surface area contributed by atoms with Crippen LogP contribution in [0.25, 0.3) is 10.9 Å². The van der Waals surface area contributed by atoms with E-state index in [4.69, 9.17) is 5.73 Å². The third-order valence-electron chi connectivity index (χ3n) is 3.38. The monoisotopic (exact) mass is 213 g/mol. The average Bonchev–Trinajstić information content (AvgIpc) is 2.24. The Kier molecular flexibility index (Phi) is 2.24.